The molecule has 0 bridgehead atoms. The summed E-state index contributed by atoms with van der Waals surface area (Å²) in [5.41, 5.74) is 1.18. The highest BCUT2D eigenvalue weighted by Gasteiger charge is 2.07. The molecule has 1 N–H and O–H groups in total. The quantitative estimate of drug-likeness (QED) is 0.901. The standard InChI is InChI=1S/C13H13FN2O2/c1-2-18-12-4-3-9(7-10(12)14)11-5-6-15-13(8-17)16-11/h3-7,17H,2,8H2,1H3. The summed E-state index contributed by atoms with van der Waals surface area (Å²) in [4.78, 5) is 7.98. The number of rotatable bonds is 4. The first-order valence-electron chi connectivity index (χ1n) is 5.60. The lowest BCUT2D eigenvalue weighted by Gasteiger charge is -2.07. The van der Waals surface area contributed by atoms with Crippen molar-refractivity contribution in [3.8, 4) is 17.0 Å². The second-order valence-corrected chi connectivity index (χ2v) is 3.59. The Morgan fingerprint density at radius 1 is 1.33 bits per heavy atom. The van der Waals surface area contributed by atoms with Crippen LogP contribution in [0.4, 0.5) is 4.39 Å². The highest BCUT2D eigenvalue weighted by atomic mass is 19.1. The zero-order valence-electron chi connectivity index (χ0n) is 9.93. The van der Waals surface area contributed by atoms with E-state index >= 15 is 0 Å². The van der Waals surface area contributed by atoms with Gasteiger partial charge in [0.1, 0.15) is 6.61 Å². The van der Waals surface area contributed by atoms with Gasteiger partial charge in [-0.3, -0.25) is 0 Å². The first kappa shape index (κ1) is 12.4. The summed E-state index contributed by atoms with van der Waals surface area (Å²) in [6, 6.07) is 6.30. The summed E-state index contributed by atoms with van der Waals surface area (Å²) in [7, 11) is 0. The fraction of sp³-hybridized carbons (Fsp3) is 0.231. The Morgan fingerprint density at radius 3 is 2.83 bits per heavy atom. The molecule has 18 heavy (non-hydrogen) atoms. The molecule has 0 aliphatic rings. The Hall–Kier alpha value is -2.01. The fourth-order valence-corrected chi connectivity index (χ4v) is 1.57. The third kappa shape index (κ3) is 2.62. The molecule has 0 aliphatic carbocycles. The minimum atomic E-state index is -0.432. The van der Waals surface area contributed by atoms with Crippen molar-refractivity contribution in [3.63, 3.8) is 0 Å². The molecule has 0 radical (unpaired) electrons. The number of nitrogens with zero attached hydrogens (tertiary/aromatic N) is 2. The minimum Gasteiger partial charge on any atom is -0.491 e. The lowest BCUT2D eigenvalue weighted by Crippen LogP contribution is -1.97. The van der Waals surface area contributed by atoms with Crippen LogP contribution in [-0.4, -0.2) is 21.7 Å². The Bertz CT molecular complexity index is 546. The Kier molecular flexibility index (Phi) is 3.84. The van der Waals surface area contributed by atoms with Crippen molar-refractivity contribution in [2.75, 3.05) is 6.61 Å². The van der Waals surface area contributed by atoms with E-state index in [1.165, 1.54) is 12.3 Å². The number of halogens is 1. The summed E-state index contributed by atoms with van der Waals surface area (Å²) in [6.07, 6.45) is 1.53. The maximum atomic E-state index is 13.7. The zero-order chi connectivity index (χ0) is 13.0. The molecule has 1 heterocycles. The molecule has 0 fully saturated rings. The molecule has 2 aromatic rings. The smallest absolute Gasteiger partial charge is 0.165 e. The van der Waals surface area contributed by atoms with Gasteiger partial charge in [-0.1, -0.05) is 0 Å². The summed E-state index contributed by atoms with van der Waals surface area (Å²) in [5, 5.41) is 8.96. The van der Waals surface area contributed by atoms with Gasteiger partial charge in [0.05, 0.1) is 12.3 Å². The van der Waals surface area contributed by atoms with Crippen LogP contribution in [0.1, 0.15) is 12.7 Å². The average Bonchev–Trinajstić information content (AvgIpc) is 2.41. The van der Waals surface area contributed by atoms with Crippen LogP contribution in [-0.2, 0) is 6.61 Å². The number of hydrogen-bond donors (Lipinski definition) is 1. The van der Waals surface area contributed by atoms with Crippen molar-refractivity contribution in [3.05, 3.63) is 42.1 Å². The molecule has 4 nitrogen and oxygen atoms in total. The van der Waals surface area contributed by atoms with E-state index in [4.69, 9.17) is 9.84 Å². The second kappa shape index (κ2) is 5.55. The molecular weight excluding hydrogens is 235 g/mol. The van der Waals surface area contributed by atoms with Crippen LogP contribution in [0.2, 0.25) is 0 Å². The van der Waals surface area contributed by atoms with Gasteiger partial charge >= 0.3 is 0 Å². The summed E-state index contributed by atoms with van der Waals surface area (Å²) < 4.78 is 18.8. The van der Waals surface area contributed by atoms with Crippen LogP contribution >= 0.6 is 0 Å². The average molecular weight is 248 g/mol. The molecule has 0 spiro atoms. The van der Waals surface area contributed by atoms with Gasteiger partial charge in [0.25, 0.3) is 0 Å². The molecule has 0 saturated carbocycles. The molecular formula is C13H13FN2O2. The number of aliphatic hydroxyl groups excluding tert-OH is 1. The molecule has 1 aromatic heterocycles. The van der Waals surface area contributed by atoms with E-state index < -0.39 is 5.82 Å². The molecule has 94 valence electrons. The molecule has 0 amide bonds. The highest BCUT2D eigenvalue weighted by molar-refractivity contribution is 5.60. The molecule has 0 aliphatic heterocycles. The SMILES string of the molecule is CCOc1ccc(-c2ccnc(CO)n2)cc1F. The first-order valence-corrected chi connectivity index (χ1v) is 5.60. The summed E-state index contributed by atoms with van der Waals surface area (Å²) >= 11 is 0. The Labute approximate surface area is 104 Å². The van der Waals surface area contributed by atoms with Crippen LogP contribution in [0.15, 0.2) is 30.5 Å². The third-order valence-electron chi connectivity index (χ3n) is 2.37. The predicted molar refractivity (Wildman–Crippen MR) is 64.5 cm³/mol. The van der Waals surface area contributed by atoms with E-state index in [1.807, 2.05) is 0 Å². The van der Waals surface area contributed by atoms with E-state index in [0.29, 0.717) is 23.7 Å². The lowest BCUT2D eigenvalue weighted by atomic mass is 10.1. The van der Waals surface area contributed by atoms with Crippen molar-refractivity contribution in [2.45, 2.75) is 13.5 Å². The van der Waals surface area contributed by atoms with Crippen LogP contribution in [0.3, 0.4) is 0 Å². The van der Waals surface area contributed by atoms with Crippen molar-refractivity contribution in [1.29, 1.82) is 0 Å². The van der Waals surface area contributed by atoms with E-state index in [-0.39, 0.29) is 12.4 Å². The predicted octanol–water partition coefficient (Wildman–Crippen LogP) is 2.17. The van der Waals surface area contributed by atoms with E-state index in [9.17, 15) is 4.39 Å². The third-order valence-corrected chi connectivity index (χ3v) is 2.37. The van der Waals surface area contributed by atoms with Gasteiger partial charge in [-0.15, -0.1) is 0 Å². The number of hydrogen-bond acceptors (Lipinski definition) is 4. The fourth-order valence-electron chi connectivity index (χ4n) is 1.57. The molecule has 0 saturated heterocycles. The normalized spacial score (nSPS) is 10.4. The van der Waals surface area contributed by atoms with Crippen LogP contribution in [0.25, 0.3) is 11.3 Å². The summed E-state index contributed by atoms with van der Waals surface area (Å²) in [6.45, 7) is 1.97. The molecule has 1 aromatic carbocycles. The van der Waals surface area contributed by atoms with Crippen molar-refractivity contribution in [1.82, 2.24) is 9.97 Å². The van der Waals surface area contributed by atoms with Crippen molar-refractivity contribution in [2.24, 2.45) is 0 Å². The molecule has 5 heteroatoms. The van der Waals surface area contributed by atoms with Crippen molar-refractivity contribution >= 4 is 0 Å². The topological polar surface area (TPSA) is 55.2 Å². The second-order valence-electron chi connectivity index (χ2n) is 3.59. The summed E-state index contributed by atoms with van der Waals surface area (Å²) in [5.74, 6) is 0.0954. The highest BCUT2D eigenvalue weighted by Crippen LogP contribution is 2.24. The number of ether oxygens (including phenoxy) is 1. The minimum absolute atomic E-state index is 0.220. The van der Waals surface area contributed by atoms with E-state index in [0.717, 1.165) is 0 Å². The van der Waals surface area contributed by atoms with Gasteiger partial charge in [-0.05, 0) is 31.2 Å². The van der Waals surface area contributed by atoms with E-state index in [1.54, 1.807) is 25.1 Å². The number of aliphatic hydroxyl groups is 1. The maximum absolute atomic E-state index is 13.7. The van der Waals surface area contributed by atoms with Gasteiger partial charge in [0.15, 0.2) is 17.4 Å². The lowest BCUT2D eigenvalue weighted by molar-refractivity contribution is 0.271. The van der Waals surface area contributed by atoms with Gasteiger partial charge in [0, 0.05) is 11.8 Å². The van der Waals surface area contributed by atoms with E-state index in [2.05, 4.69) is 9.97 Å². The molecule has 0 atom stereocenters. The zero-order valence-corrected chi connectivity index (χ0v) is 9.93. The van der Waals surface area contributed by atoms with Gasteiger partial charge in [-0.25, -0.2) is 14.4 Å². The maximum Gasteiger partial charge on any atom is 0.165 e. The Balaban J connectivity index is 2.35. The number of benzene rings is 1. The van der Waals surface area contributed by atoms with Crippen LogP contribution in [0.5, 0.6) is 5.75 Å². The van der Waals surface area contributed by atoms with Crippen molar-refractivity contribution < 1.29 is 14.2 Å². The van der Waals surface area contributed by atoms with Crippen LogP contribution in [0, 0.1) is 5.82 Å². The van der Waals surface area contributed by atoms with Gasteiger partial charge in [-0.2, -0.15) is 0 Å². The monoisotopic (exact) mass is 248 g/mol. The first-order chi connectivity index (χ1) is 8.74. The molecule has 2 rings (SSSR count). The van der Waals surface area contributed by atoms with Gasteiger partial charge < -0.3 is 9.84 Å². The van der Waals surface area contributed by atoms with Gasteiger partial charge in [0.2, 0.25) is 0 Å². The largest absolute Gasteiger partial charge is 0.491 e. The number of aromatic nitrogens is 2. The van der Waals surface area contributed by atoms with Crippen LogP contribution < -0.4 is 4.74 Å². The molecule has 0 unspecified atom stereocenters. The Morgan fingerprint density at radius 2 is 2.17 bits per heavy atom.